The summed E-state index contributed by atoms with van der Waals surface area (Å²) in [6.45, 7) is 9.34. The van der Waals surface area contributed by atoms with Crippen LogP contribution in [-0.4, -0.2) is 52.7 Å². The fraction of sp³-hybridized carbons (Fsp3) is 0.733. The molecule has 1 amide bonds. The summed E-state index contributed by atoms with van der Waals surface area (Å²) < 4.78 is 5.44. The largest absolute Gasteiger partial charge is 0.444 e. The second-order valence-corrected chi connectivity index (χ2v) is 7.51. The number of likely N-dealkylation sites (N-methyl/N-ethyl adjacent to an activating group) is 1. The molecule has 1 aliphatic heterocycles. The van der Waals surface area contributed by atoms with Gasteiger partial charge in [0.15, 0.2) is 0 Å². The fourth-order valence-electron chi connectivity index (χ4n) is 2.50. The maximum atomic E-state index is 12.1. The summed E-state index contributed by atoms with van der Waals surface area (Å²) in [5, 5.41) is 3.12. The molecule has 6 heteroatoms. The number of carbonyl (C=O) groups is 1. The van der Waals surface area contributed by atoms with Gasteiger partial charge in [-0.05, 0) is 41.2 Å². The molecular formula is C15H25N3O2S. The Morgan fingerprint density at radius 2 is 2.29 bits per heavy atom. The molecule has 5 nitrogen and oxygen atoms in total. The number of nitrogens with zero attached hydrogens (tertiary/aromatic N) is 3. The molecule has 1 aromatic rings. The second kappa shape index (κ2) is 6.32. The van der Waals surface area contributed by atoms with Gasteiger partial charge in [-0.1, -0.05) is 0 Å². The Hall–Kier alpha value is -1.14. The zero-order chi connectivity index (χ0) is 15.6. The first-order chi connectivity index (χ1) is 9.78. The van der Waals surface area contributed by atoms with Crippen LogP contribution in [-0.2, 0) is 4.74 Å². The summed E-state index contributed by atoms with van der Waals surface area (Å²) in [5.74, 6) is 0. The maximum Gasteiger partial charge on any atom is 0.410 e. The van der Waals surface area contributed by atoms with E-state index in [2.05, 4.69) is 23.9 Å². The van der Waals surface area contributed by atoms with Crippen LogP contribution in [0, 0.1) is 0 Å². The molecule has 1 aliphatic rings. The first-order valence-corrected chi connectivity index (χ1v) is 8.25. The van der Waals surface area contributed by atoms with E-state index in [9.17, 15) is 4.79 Å². The molecule has 0 aliphatic carbocycles. The average Bonchev–Trinajstić information content (AvgIpc) is 3.06. The molecule has 118 valence electrons. The summed E-state index contributed by atoms with van der Waals surface area (Å²) >= 11 is 1.68. The molecule has 0 aromatic carbocycles. The number of carbonyl (C=O) groups excluding carboxylic acids is 1. The van der Waals surface area contributed by atoms with E-state index in [0.29, 0.717) is 6.04 Å². The minimum atomic E-state index is -0.435. The van der Waals surface area contributed by atoms with Crippen LogP contribution in [0.4, 0.5) is 4.79 Å². The minimum Gasteiger partial charge on any atom is -0.444 e. The summed E-state index contributed by atoms with van der Waals surface area (Å²) in [5.41, 5.74) is -0.435. The van der Waals surface area contributed by atoms with E-state index in [-0.39, 0.29) is 12.1 Å². The number of rotatable bonds is 3. The van der Waals surface area contributed by atoms with E-state index >= 15 is 0 Å². The smallest absolute Gasteiger partial charge is 0.410 e. The Balaban J connectivity index is 1.91. The fourth-order valence-corrected chi connectivity index (χ4v) is 3.24. The highest BCUT2D eigenvalue weighted by Crippen LogP contribution is 2.27. The Morgan fingerprint density at radius 1 is 1.57 bits per heavy atom. The highest BCUT2D eigenvalue weighted by molar-refractivity contribution is 7.09. The van der Waals surface area contributed by atoms with Gasteiger partial charge in [0.2, 0.25) is 0 Å². The van der Waals surface area contributed by atoms with Gasteiger partial charge in [-0.2, -0.15) is 0 Å². The third-order valence-corrected chi connectivity index (χ3v) is 4.76. The molecule has 0 unspecified atom stereocenters. The quantitative estimate of drug-likeness (QED) is 0.860. The van der Waals surface area contributed by atoms with Crippen LogP contribution in [0.2, 0.25) is 0 Å². The molecule has 1 fully saturated rings. The van der Waals surface area contributed by atoms with Gasteiger partial charge in [-0.25, -0.2) is 9.78 Å². The van der Waals surface area contributed by atoms with E-state index in [1.165, 1.54) is 0 Å². The van der Waals surface area contributed by atoms with E-state index in [0.717, 1.165) is 24.5 Å². The number of thiazole rings is 1. The maximum absolute atomic E-state index is 12.1. The summed E-state index contributed by atoms with van der Waals surface area (Å²) in [4.78, 5) is 20.6. The van der Waals surface area contributed by atoms with Crippen molar-refractivity contribution in [1.29, 1.82) is 0 Å². The molecule has 21 heavy (non-hydrogen) atoms. The highest BCUT2D eigenvalue weighted by Gasteiger charge is 2.33. The van der Waals surface area contributed by atoms with Gasteiger partial charge < -0.3 is 9.64 Å². The SMILES string of the molecule is C[C@@H](c1nccs1)N(C)[C@H]1CCN(C(=O)OC(C)(C)C)C1. The van der Waals surface area contributed by atoms with Gasteiger partial charge in [0, 0.05) is 30.7 Å². The van der Waals surface area contributed by atoms with Crippen molar-refractivity contribution >= 4 is 17.4 Å². The molecule has 1 aromatic heterocycles. The molecule has 2 atom stereocenters. The number of amides is 1. The number of aromatic nitrogens is 1. The van der Waals surface area contributed by atoms with Gasteiger partial charge in [-0.15, -0.1) is 11.3 Å². The third-order valence-electron chi connectivity index (χ3n) is 3.81. The van der Waals surface area contributed by atoms with Crippen LogP contribution < -0.4 is 0 Å². The third kappa shape index (κ3) is 4.17. The topological polar surface area (TPSA) is 45.7 Å². The Morgan fingerprint density at radius 3 is 2.86 bits per heavy atom. The monoisotopic (exact) mass is 311 g/mol. The van der Waals surface area contributed by atoms with Crippen molar-refractivity contribution in [2.24, 2.45) is 0 Å². The van der Waals surface area contributed by atoms with Crippen molar-refractivity contribution < 1.29 is 9.53 Å². The Bertz CT molecular complexity index is 470. The first kappa shape index (κ1) is 16.2. The van der Waals surface area contributed by atoms with E-state index in [4.69, 9.17) is 4.74 Å². The highest BCUT2D eigenvalue weighted by atomic mass is 32.1. The molecule has 0 N–H and O–H groups in total. The van der Waals surface area contributed by atoms with Crippen LogP contribution in [0.1, 0.15) is 45.2 Å². The van der Waals surface area contributed by atoms with Crippen molar-refractivity contribution in [3.63, 3.8) is 0 Å². The normalized spacial score (nSPS) is 20.9. The van der Waals surface area contributed by atoms with Crippen molar-refractivity contribution in [3.05, 3.63) is 16.6 Å². The van der Waals surface area contributed by atoms with Crippen LogP contribution in [0.15, 0.2) is 11.6 Å². The molecule has 2 rings (SSSR count). The average molecular weight is 311 g/mol. The lowest BCUT2D eigenvalue weighted by molar-refractivity contribution is 0.0278. The summed E-state index contributed by atoms with van der Waals surface area (Å²) in [7, 11) is 2.11. The standard InChI is InChI=1S/C15H25N3O2S/c1-11(13-16-7-9-21-13)17(5)12-6-8-18(10-12)14(19)20-15(2,3)4/h7,9,11-12H,6,8,10H2,1-5H3/t11-,12-/m0/s1. The van der Waals surface area contributed by atoms with Crippen LogP contribution in [0.3, 0.4) is 0 Å². The predicted molar refractivity (Wildman–Crippen MR) is 84.5 cm³/mol. The lowest BCUT2D eigenvalue weighted by Gasteiger charge is -2.30. The lowest BCUT2D eigenvalue weighted by Crippen LogP contribution is -2.39. The second-order valence-electron chi connectivity index (χ2n) is 6.58. The molecule has 0 bridgehead atoms. The van der Waals surface area contributed by atoms with Gasteiger partial charge in [0.05, 0.1) is 6.04 Å². The summed E-state index contributed by atoms with van der Waals surface area (Å²) in [6, 6.07) is 0.630. The molecular weight excluding hydrogens is 286 g/mol. The van der Waals surface area contributed by atoms with E-state index in [1.807, 2.05) is 32.3 Å². The van der Waals surface area contributed by atoms with Gasteiger partial charge in [-0.3, -0.25) is 4.90 Å². The molecule has 1 saturated heterocycles. The number of hydrogen-bond donors (Lipinski definition) is 0. The first-order valence-electron chi connectivity index (χ1n) is 7.37. The van der Waals surface area contributed by atoms with E-state index in [1.54, 1.807) is 16.2 Å². The van der Waals surface area contributed by atoms with Gasteiger partial charge in [0.1, 0.15) is 10.6 Å². The molecule has 2 heterocycles. The number of hydrogen-bond acceptors (Lipinski definition) is 5. The minimum absolute atomic E-state index is 0.208. The predicted octanol–water partition coefficient (Wildman–Crippen LogP) is 3.15. The number of likely N-dealkylation sites (tertiary alicyclic amines) is 1. The van der Waals surface area contributed by atoms with Crippen molar-refractivity contribution in [1.82, 2.24) is 14.8 Å². The van der Waals surface area contributed by atoms with E-state index < -0.39 is 5.60 Å². The van der Waals surface area contributed by atoms with Crippen LogP contribution in [0.25, 0.3) is 0 Å². The number of ether oxygens (including phenoxy) is 1. The zero-order valence-electron chi connectivity index (χ0n) is 13.5. The Kier molecular flexibility index (Phi) is 4.88. The van der Waals surface area contributed by atoms with Crippen molar-refractivity contribution in [2.45, 2.75) is 51.8 Å². The van der Waals surface area contributed by atoms with Gasteiger partial charge in [0.25, 0.3) is 0 Å². The van der Waals surface area contributed by atoms with Crippen LogP contribution in [0.5, 0.6) is 0 Å². The van der Waals surface area contributed by atoms with Gasteiger partial charge >= 0.3 is 6.09 Å². The van der Waals surface area contributed by atoms with Crippen molar-refractivity contribution in [2.75, 3.05) is 20.1 Å². The van der Waals surface area contributed by atoms with Crippen molar-refractivity contribution in [3.8, 4) is 0 Å². The zero-order valence-corrected chi connectivity index (χ0v) is 14.3. The molecule has 0 saturated carbocycles. The molecule has 0 radical (unpaired) electrons. The lowest BCUT2D eigenvalue weighted by atomic mass is 10.2. The molecule has 0 spiro atoms. The summed E-state index contributed by atoms with van der Waals surface area (Å²) in [6.07, 6.45) is 2.61. The Labute approximate surface area is 130 Å². The van der Waals surface area contributed by atoms with Crippen LogP contribution >= 0.6 is 11.3 Å².